The Morgan fingerprint density at radius 2 is 2.00 bits per heavy atom. The highest BCUT2D eigenvalue weighted by Crippen LogP contribution is 2.28. The van der Waals surface area contributed by atoms with Crippen molar-refractivity contribution in [2.24, 2.45) is 5.10 Å². The zero-order valence-electron chi connectivity index (χ0n) is 17.1. The van der Waals surface area contributed by atoms with Gasteiger partial charge in [0, 0.05) is 11.9 Å². The third-order valence-electron chi connectivity index (χ3n) is 4.31. The summed E-state index contributed by atoms with van der Waals surface area (Å²) in [4.78, 5) is 14.6. The third kappa shape index (κ3) is 5.95. The summed E-state index contributed by atoms with van der Waals surface area (Å²) < 4.78 is 13.0. The number of imidazole rings is 1. The molecule has 0 aliphatic carbocycles. The molecule has 162 valence electrons. The molecule has 0 aliphatic rings. The number of nitrogens with one attached hydrogen (secondary N) is 1. The van der Waals surface area contributed by atoms with Crippen LogP contribution in [0.4, 0.5) is 11.5 Å². The van der Waals surface area contributed by atoms with E-state index in [1.807, 2.05) is 31.2 Å². The lowest BCUT2D eigenvalue weighted by molar-refractivity contribution is -0.392. The predicted molar refractivity (Wildman–Crippen MR) is 119 cm³/mol. The van der Waals surface area contributed by atoms with Crippen molar-refractivity contribution in [2.45, 2.75) is 20.4 Å². The minimum atomic E-state index is -0.460. The first kappa shape index (κ1) is 22.1. The van der Waals surface area contributed by atoms with Crippen molar-refractivity contribution in [3.63, 3.8) is 0 Å². The largest absolute Gasteiger partial charge is 0.490 e. The van der Waals surface area contributed by atoms with Crippen LogP contribution in [0.1, 0.15) is 18.3 Å². The second kappa shape index (κ2) is 10.4. The molecule has 10 heteroatoms. The fourth-order valence-electron chi connectivity index (χ4n) is 2.82. The maximum atomic E-state index is 11.1. The Bertz CT molecular complexity index is 1070. The second-order valence-electron chi connectivity index (χ2n) is 6.44. The molecule has 1 aromatic heterocycles. The lowest BCUT2D eigenvalue weighted by Crippen LogP contribution is -2.12. The topological polar surface area (TPSA) is 104 Å². The molecule has 2 aromatic carbocycles. The number of hydrazone groups is 1. The normalized spacial score (nSPS) is 10.9. The summed E-state index contributed by atoms with van der Waals surface area (Å²) in [5, 5.41) is 16.0. The number of benzene rings is 2. The minimum absolute atomic E-state index is 0.0640. The van der Waals surface area contributed by atoms with Gasteiger partial charge >= 0.3 is 5.82 Å². The summed E-state index contributed by atoms with van der Waals surface area (Å²) in [6, 6.07) is 12.6. The fraction of sp³-hybridized carbons (Fsp3) is 0.238. The second-order valence-corrected chi connectivity index (χ2v) is 6.87. The Labute approximate surface area is 184 Å². The van der Waals surface area contributed by atoms with E-state index in [1.54, 1.807) is 31.3 Å². The van der Waals surface area contributed by atoms with Crippen molar-refractivity contribution < 1.29 is 14.4 Å². The highest BCUT2D eigenvalue weighted by atomic mass is 35.5. The van der Waals surface area contributed by atoms with Gasteiger partial charge in [-0.05, 0) is 59.9 Å². The Morgan fingerprint density at radius 1 is 1.23 bits per heavy atom. The number of ether oxygens (including phenoxy) is 2. The number of aryl methyl sites for hydroxylation is 1. The van der Waals surface area contributed by atoms with Gasteiger partial charge in [0.2, 0.25) is 0 Å². The molecule has 0 amide bonds. The number of nitrogens with zero attached hydrogens (tertiary/aromatic N) is 4. The number of rotatable bonds is 10. The van der Waals surface area contributed by atoms with Gasteiger partial charge in [-0.3, -0.25) is 5.43 Å². The van der Waals surface area contributed by atoms with E-state index in [1.165, 1.54) is 10.8 Å². The van der Waals surface area contributed by atoms with Gasteiger partial charge in [0.15, 0.2) is 17.3 Å². The van der Waals surface area contributed by atoms with Crippen LogP contribution in [-0.2, 0) is 6.54 Å². The van der Waals surface area contributed by atoms with Crippen molar-refractivity contribution >= 4 is 29.3 Å². The van der Waals surface area contributed by atoms with Crippen LogP contribution >= 0.6 is 11.6 Å². The molecule has 0 aliphatic heterocycles. The van der Waals surface area contributed by atoms with Crippen LogP contribution in [0.15, 0.2) is 53.8 Å². The summed E-state index contributed by atoms with van der Waals surface area (Å²) >= 11 is 5.87. The lowest BCUT2D eigenvalue weighted by Gasteiger charge is -2.12. The average molecular weight is 444 g/mol. The van der Waals surface area contributed by atoms with E-state index >= 15 is 0 Å². The number of hydrogen-bond donors (Lipinski definition) is 1. The fourth-order valence-corrected chi connectivity index (χ4v) is 2.95. The first-order valence-corrected chi connectivity index (χ1v) is 9.96. The number of anilines is 1. The van der Waals surface area contributed by atoms with E-state index in [4.69, 9.17) is 21.1 Å². The summed E-state index contributed by atoms with van der Waals surface area (Å²) in [6.45, 7) is 4.58. The van der Waals surface area contributed by atoms with E-state index in [9.17, 15) is 10.1 Å². The molecular weight excluding hydrogens is 422 g/mol. The van der Waals surface area contributed by atoms with Crippen LogP contribution < -0.4 is 14.9 Å². The molecule has 1 heterocycles. The number of halogens is 1. The highest BCUT2D eigenvalue weighted by Gasteiger charge is 2.17. The molecule has 3 rings (SSSR count). The van der Waals surface area contributed by atoms with Gasteiger partial charge < -0.3 is 19.6 Å². The van der Waals surface area contributed by atoms with E-state index in [2.05, 4.69) is 15.5 Å². The third-order valence-corrected chi connectivity index (χ3v) is 4.56. The number of aromatic nitrogens is 2. The SMILES string of the molecule is CCOc1cc(C=NNc2ccc(Cl)cc2)ccc1OCCn1c([N+](=O)[O-])cnc1C. The molecule has 31 heavy (non-hydrogen) atoms. The van der Waals surface area contributed by atoms with E-state index in [-0.39, 0.29) is 12.4 Å². The lowest BCUT2D eigenvalue weighted by atomic mass is 10.2. The molecule has 0 bridgehead atoms. The quantitative estimate of drug-likeness (QED) is 0.277. The standard InChI is InChI=1S/C21H22ClN5O4/c1-3-30-20-12-16(13-24-25-18-7-5-17(22)6-8-18)4-9-19(20)31-11-10-26-15(2)23-14-21(26)27(28)29/h4-9,12-14,25H,3,10-11H2,1-2H3. The van der Waals surface area contributed by atoms with E-state index in [0.717, 1.165) is 11.3 Å². The van der Waals surface area contributed by atoms with Gasteiger partial charge in [0.25, 0.3) is 0 Å². The summed E-state index contributed by atoms with van der Waals surface area (Å²) in [5.74, 6) is 1.60. The molecule has 0 saturated carbocycles. The first-order valence-electron chi connectivity index (χ1n) is 9.58. The number of nitro groups is 1. The summed E-state index contributed by atoms with van der Waals surface area (Å²) in [5.41, 5.74) is 4.56. The van der Waals surface area contributed by atoms with E-state index < -0.39 is 4.92 Å². The van der Waals surface area contributed by atoms with Gasteiger partial charge in [-0.25, -0.2) is 9.55 Å². The van der Waals surface area contributed by atoms with Crippen LogP contribution in [0, 0.1) is 17.0 Å². The maximum absolute atomic E-state index is 11.1. The Balaban J connectivity index is 1.64. The van der Waals surface area contributed by atoms with Crippen molar-refractivity contribution in [2.75, 3.05) is 18.6 Å². The van der Waals surface area contributed by atoms with Crippen molar-refractivity contribution in [1.82, 2.24) is 9.55 Å². The zero-order valence-corrected chi connectivity index (χ0v) is 17.9. The Hall–Kier alpha value is -3.59. The van der Waals surface area contributed by atoms with Crippen LogP contribution in [-0.4, -0.2) is 33.9 Å². The molecule has 0 unspecified atom stereocenters. The zero-order chi connectivity index (χ0) is 22.2. The maximum Gasteiger partial charge on any atom is 0.342 e. The van der Waals surface area contributed by atoms with Gasteiger partial charge in [-0.15, -0.1) is 0 Å². The Kier molecular flexibility index (Phi) is 7.45. The summed E-state index contributed by atoms with van der Waals surface area (Å²) in [7, 11) is 0. The number of hydrogen-bond acceptors (Lipinski definition) is 7. The average Bonchev–Trinajstić information content (AvgIpc) is 3.12. The van der Waals surface area contributed by atoms with Gasteiger partial charge in [-0.2, -0.15) is 5.10 Å². The van der Waals surface area contributed by atoms with Gasteiger partial charge in [-0.1, -0.05) is 11.6 Å². The molecule has 3 aromatic rings. The Morgan fingerprint density at radius 3 is 2.71 bits per heavy atom. The van der Waals surface area contributed by atoms with Crippen LogP contribution in [0.2, 0.25) is 5.02 Å². The van der Waals surface area contributed by atoms with Crippen molar-refractivity contribution in [3.8, 4) is 11.5 Å². The molecule has 1 N–H and O–H groups in total. The monoisotopic (exact) mass is 443 g/mol. The molecule has 9 nitrogen and oxygen atoms in total. The van der Waals surface area contributed by atoms with Gasteiger partial charge in [0.1, 0.15) is 19.3 Å². The van der Waals surface area contributed by atoms with Gasteiger partial charge in [0.05, 0.1) is 18.5 Å². The molecule has 0 saturated heterocycles. The smallest absolute Gasteiger partial charge is 0.342 e. The molecule has 0 spiro atoms. The van der Waals surface area contributed by atoms with E-state index in [0.29, 0.717) is 35.5 Å². The predicted octanol–water partition coefficient (Wildman–Crippen LogP) is 4.68. The minimum Gasteiger partial charge on any atom is -0.490 e. The van der Waals surface area contributed by atoms with Crippen molar-refractivity contribution in [3.05, 3.63) is 75.2 Å². The highest BCUT2D eigenvalue weighted by molar-refractivity contribution is 6.30. The van der Waals surface area contributed by atoms with Crippen LogP contribution in [0.25, 0.3) is 0 Å². The van der Waals surface area contributed by atoms with Crippen LogP contribution in [0.5, 0.6) is 11.5 Å². The molecular formula is C21H22ClN5O4. The molecule has 0 fully saturated rings. The van der Waals surface area contributed by atoms with Crippen molar-refractivity contribution in [1.29, 1.82) is 0 Å². The molecule has 0 radical (unpaired) electrons. The van der Waals surface area contributed by atoms with Crippen LogP contribution in [0.3, 0.4) is 0 Å². The summed E-state index contributed by atoms with van der Waals surface area (Å²) in [6.07, 6.45) is 2.91. The first-order chi connectivity index (χ1) is 15.0. The molecule has 0 atom stereocenters.